The zero-order valence-corrected chi connectivity index (χ0v) is 10.8. The normalized spacial score (nSPS) is 14.5. The maximum Gasteiger partial charge on any atom is 0.151 e. The van der Waals surface area contributed by atoms with E-state index in [1.165, 1.54) is 11.3 Å². The molecule has 0 saturated carbocycles. The zero-order chi connectivity index (χ0) is 12.1. The van der Waals surface area contributed by atoms with Gasteiger partial charge in [0.2, 0.25) is 0 Å². The lowest BCUT2D eigenvalue weighted by molar-refractivity contribution is 0.515. The van der Waals surface area contributed by atoms with Crippen LogP contribution in [0.5, 0.6) is 0 Å². The molecule has 90 valence electrons. The van der Waals surface area contributed by atoms with Gasteiger partial charge in [0, 0.05) is 17.3 Å². The molecule has 3 nitrogen and oxygen atoms in total. The molecule has 2 atom stereocenters. The molecule has 0 bridgehead atoms. The smallest absolute Gasteiger partial charge is 0.151 e. The van der Waals surface area contributed by atoms with E-state index >= 15 is 0 Å². The highest BCUT2D eigenvalue weighted by Gasteiger charge is 2.14. The van der Waals surface area contributed by atoms with Crippen molar-refractivity contribution in [3.8, 4) is 0 Å². The lowest BCUT2D eigenvalue weighted by Crippen LogP contribution is -2.23. The summed E-state index contributed by atoms with van der Waals surface area (Å²) in [6.07, 6.45) is 3.99. The molecule has 0 fully saturated rings. The van der Waals surface area contributed by atoms with Gasteiger partial charge in [-0.05, 0) is 32.6 Å². The molecule has 1 aromatic heterocycles. The Balaban J connectivity index is 2.65. The SMILES string of the molecule is C=CCC(C)C(C)Nc1n[nH]c(CC)c1C. The third-order valence-corrected chi connectivity index (χ3v) is 3.22. The third-order valence-electron chi connectivity index (χ3n) is 3.22. The first-order valence-corrected chi connectivity index (χ1v) is 6.01. The molecule has 0 aliphatic heterocycles. The fourth-order valence-electron chi connectivity index (χ4n) is 1.74. The van der Waals surface area contributed by atoms with Crippen molar-refractivity contribution < 1.29 is 0 Å². The summed E-state index contributed by atoms with van der Waals surface area (Å²) in [6, 6.07) is 0.407. The number of rotatable bonds is 6. The van der Waals surface area contributed by atoms with Gasteiger partial charge >= 0.3 is 0 Å². The Hall–Kier alpha value is -1.25. The second-order valence-corrected chi connectivity index (χ2v) is 4.46. The van der Waals surface area contributed by atoms with Crippen LogP contribution in [0.15, 0.2) is 12.7 Å². The molecule has 1 aromatic rings. The van der Waals surface area contributed by atoms with Gasteiger partial charge in [-0.25, -0.2) is 0 Å². The predicted molar refractivity (Wildman–Crippen MR) is 69.8 cm³/mol. The van der Waals surface area contributed by atoms with Crippen molar-refractivity contribution in [2.24, 2.45) is 5.92 Å². The molecule has 0 radical (unpaired) electrons. The topological polar surface area (TPSA) is 40.7 Å². The van der Waals surface area contributed by atoms with Crippen LogP contribution in [-0.4, -0.2) is 16.2 Å². The fourth-order valence-corrected chi connectivity index (χ4v) is 1.74. The maximum absolute atomic E-state index is 4.31. The molecule has 2 unspecified atom stereocenters. The van der Waals surface area contributed by atoms with Crippen LogP contribution in [-0.2, 0) is 6.42 Å². The van der Waals surface area contributed by atoms with Crippen LogP contribution in [0.2, 0.25) is 0 Å². The third kappa shape index (κ3) is 2.87. The first kappa shape index (κ1) is 12.8. The van der Waals surface area contributed by atoms with Crippen molar-refractivity contribution in [1.29, 1.82) is 0 Å². The van der Waals surface area contributed by atoms with Crippen molar-refractivity contribution >= 4 is 5.82 Å². The number of aromatic amines is 1. The summed E-state index contributed by atoms with van der Waals surface area (Å²) in [5, 5.41) is 10.8. The van der Waals surface area contributed by atoms with Gasteiger partial charge in [-0.3, -0.25) is 5.10 Å². The number of allylic oxidation sites excluding steroid dienone is 1. The Morgan fingerprint density at radius 1 is 1.50 bits per heavy atom. The molecule has 0 saturated heterocycles. The fraction of sp³-hybridized carbons (Fsp3) is 0.615. The number of anilines is 1. The Morgan fingerprint density at radius 3 is 2.69 bits per heavy atom. The van der Waals surface area contributed by atoms with Gasteiger partial charge in [0.05, 0.1) is 0 Å². The number of nitrogens with zero attached hydrogens (tertiary/aromatic N) is 1. The highest BCUT2D eigenvalue weighted by atomic mass is 15.2. The van der Waals surface area contributed by atoms with E-state index in [1.807, 2.05) is 6.08 Å². The molecule has 1 rings (SSSR count). The van der Waals surface area contributed by atoms with Crippen LogP contribution in [0.4, 0.5) is 5.82 Å². The number of H-pyrrole nitrogens is 1. The van der Waals surface area contributed by atoms with E-state index in [0.29, 0.717) is 12.0 Å². The van der Waals surface area contributed by atoms with Gasteiger partial charge in [-0.2, -0.15) is 5.10 Å². The summed E-state index contributed by atoms with van der Waals surface area (Å²) < 4.78 is 0. The summed E-state index contributed by atoms with van der Waals surface area (Å²) in [5.74, 6) is 1.55. The predicted octanol–water partition coefficient (Wildman–Crippen LogP) is 3.29. The molecule has 16 heavy (non-hydrogen) atoms. The first-order valence-electron chi connectivity index (χ1n) is 6.01. The number of hydrogen-bond acceptors (Lipinski definition) is 2. The molecule has 0 aliphatic rings. The average Bonchev–Trinajstić information content (AvgIpc) is 2.60. The van der Waals surface area contributed by atoms with Gasteiger partial charge in [0.1, 0.15) is 0 Å². The summed E-state index contributed by atoms with van der Waals surface area (Å²) in [4.78, 5) is 0. The van der Waals surface area contributed by atoms with Gasteiger partial charge < -0.3 is 5.32 Å². The van der Waals surface area contributed by atoms with E-state index in [9.17, 15) is 0 Å². The number of aromatic nitrogens is 2. The van der Waals surface area contributed by atoms with Crippen molar-refractivity contribution in [3.05, 3.63) is 23.9 Å². The minimum Gasteiger partial charge on any atom is -0.366 e. The largest absolute Gasteiger partial charge is 0.366 e. The summed E-state index contributed by atoms with van der Waals surface area (Å²) in [7, 11) is 0. The van der Waals surface area contributed by atoms with Crippen LogP contribution in [0.3, 0.4) is 0 Å². The van der Waals surface area contributed by atoms with E-state index in [4.69, 9.17) is 0 Å². The summed E-state index contributed by atoms with van der Waals surface area (Å²) in [6.45, 7) is 12.4. The van der Waals surface area contributed by atoms with Crippen molar-refractivity contribution in [2.45, 2.75) is 46.6 Å². The number of nitrogens with one attached hydrogen (secondary N) is 2. The van der Waals surface area contributed by atoms with Crippen LogP contribution in [0.1, 0.15) is 38.4 Å². The zero-order valence-electron chi connectivity index (χ0n) is 10.8. The van der Waals surface area contributed by atoms with Gasteiger partial charge in [0.15, 0.2) is 5.82 Å². The molecule has 2 N–H and O–H groups in total. The Morgan fingerprint density at radius 2 is 2.19 bits per heavy atom. The van der Waals surface area contributed by atoms with E-state index in [2.05, 4.69) is 49.8 Å². The highest BCUT2D eigenvalue weighted by Crippen LogP contribution is 2.19. The van der Waals surface area contributed by atoms with Gasteiger partial charge in [-0.15, -0.1) is 6.58 Å². The Kier molecular flexibility index (Phi) is 4.59. The van der Waals surface area contributed by atoms with Gasteiger partial charge in [-0.1, -0.05) is 19.9 Å². The van der Waals surface area contributed by atoms with Crippen molar-refractivity contribution in [3.63, 3.8) is 0 Å². The number of aryl methyl sites for hydroxylation is 1. The highest BCUT2D eigenvalue weighted by molar-refractivity contribution is 5.46. The van der Waals surface area contributed by atoms with Crippen molar-refractivity contribution in [1.82, 2.24) is 10.2 Å². The molecule has 0 aliphatic carbocycles. The second-order valence-electron chi connectivity index (χ2n) is 4.46. The molecule has 0 aromatic carbocycles. The molecular formula is C13H23N3. The molecular weight excluding hydrogens is 198 g/mol. The monoisotopic (exact) mass is 221 g/mol. The minimum atomic E-state index is 0.407. The second kappa shape index (κ2) is 5.73. The van der Waals surface area contributed by atoms with Crippen molar-refractivity contribution in [2.75, 3.05) is 5.32 Å². The van der Waals surface area contributed by atoms with E-state index in [0.717, 1.165) is 18.7 Å². The Bertz CT molecular complexity index is 341. The van der Waals surface area contributed by atoms with Crippen LogP contribution in [0.25, 0.3) is 0 Å². The van der Waals surface area contributed by atoms with Crippen LogP contribution < -0.4 is 5.32 Å². The van der Waals surface area contributed by atoms with E-state index < -0.39 is 0 Å². The molecule has 1 heterocycles. The average molecular weight is 221 g/mol. The summed E-state index contributed by atoms with van der Waals surface area (Å²) in [5.41, 5.74) is 2.45. The maximum atomic E-state index is 4.31. The Labute approximate surface area is 98.3 Å². The molecule has 0 amide bonds. The molecule has 3 heteroatoms. The molecule has 0 spiro atoms. The van der Waals surface area contributed by atoms with E-state index in [1.54, 1.807) is 0 Å². The minimum absolute atomic E-state index is 0.407. The van der Waals surface area contributed by atoms with Crippen LogP contribution >= 0.6 is 0 Å². The van der Waals surface area contributed by atoms with Crippen LogP contribution in [0, 0.1) is 12.8 Å². The first-order chi connectivity index (χ1) is 7.60. The lowest BCUT2D eigenvalue weighted by Gasteiger charge is -2.20. The van der Waals surface area contributed by atoms with Gasteiger partial charge in [0.25, 0.3) is 0 Å². The summed E-state index contributed by atoms with van der Waals surface area (Å²) >= 11 is 0. The number of hydrogen-bond donors (Lipinski definition) is 2. The van der Waals surface area contributed by atoms with E-state index in [-0.39, 0.29) is 0 Å². The lowest BCUT2D eigenvalue weighted by atomic mass is 10.00. The quantitative estimate of drug-likeness (QED) is 0.724. The standard InChI is InChI=1S/C13H23N3/c1-6-8-9(3)11(5)14-13-10(4)12(7-2)15-16-13/h6,9,11H,1,7-8H2,2-5H3,(H2,14,15,16).